The highest BCUT2D eigenvalue weighted by atomic mass is 16.4. The summed E-state index contributed by atoms with van der Waals surface area (Å²) in [5.74, 6) is -0.982. The highest BCUT2D eigenvalue weighted by molar-refractivity contribution is 6.09. The molecule has 1 aromatic rings. The van der Waals surface area contributed by atoms with E-state index in [1.54, 1.807) is 12.3 Å². The number of hydrogen-bond acceptors (Lipinski definition) is 2. The van der Waals surface area contributed by atoms with Gasteiger partial charge in [-0.3, -0.25) is 4.99 Å². The predicted octanol–water partition coefficient (Wildman–Crippen LogP) is 0.134. The Hall–Kier alpha value is -1.90. The molecule has 70 valence electrons. The van der Waals surface area contributed by atoms with Crippen molar-refractivity contribution < 1.29 is 9.90 Å². The van der Waals surface area contributed by atoms with Crippen LogP contribution in [-0.2, 0) is 4.79 Å². The lowest BCUT2D eigenvalue weighted by Gasteiger charge is -1.93. The molecular formula is C11H9NO2. The van der Waals surface area contributed by atoms with Crippen LogP contribution < -0.4 is 10.4 Å². The summed E-state index contributed by atoms with van der Waals surface area (Å²) >= 11 is 0. The van der Waals surface area contributed by atoms with Gasteiger partial charge < -0.3 is 5.11 Å². The first-order chi connectivity index (χ1) is 6.79. The third kappa shape index (κ3) is 1.44. The molecular weight excluding hydrogens is 178 g/mol. The monoisotopic (exact) mass is 187 g/mol. The molecule has 0 saturated heterocycles. The van der Waals surface area contributed by atoms with Gasteiger partial charge in [0, 0.05) is 17.9 Å². The fourth-order valence-electron chi connectivity index (χ4n) is 1.45. The second-order valence-electron chi connectivity index (χ2n) is 2.99. The molecule has 2 rings (SSSR count). The largest absolute Gasteiger partial charge is 0.476 e. The molecule has 0 aromatic heterocycles. The van der Waals surface area contributed by atoms with Gasteiger partial charge in [-0.15, -0.1) is 0 Å². The Bertz CT molecular complexity index is 514. The second-order valence-corrected chi connectivity index (χ2v) is 2.99. The van der Waals surface area contributed by atoms with Crippen LogP contribution >= 0.6 is 0 Å². The van der Waals surface area contributed by atoms with Crippen molar-refractivity contribution in [3.05, 3.63) is 34.7 Å². The highest BCUT2D eigenvalue weighted by Crippen LogP contribution is 1.96. The first-order valence-corrected chi connectivity index (χ1v) is 4.34. The van der Waals surface area contributed by atoms with E-state index in [1.165, 1.54) is 0 Å². The lowest BCUT2D eigenvalue weighted by atomic mass is 10.2. The molecule has 3 nitrogen and oxygen atoms in total. The Morgan fingerprint density at radius 2 is 2.14 bits per heavy atom. The molecule has 1 aliphatic heterocycles. The van der Waals surface area contributed by atoms with E-state index in [1.807, 2.05) is 24.3 Å². The Morgan fingerprint density at radius 1 is 1.36 bits per heavy atom. The van der Waals surface area contributed by atoms with E-state index in [-0.39, 0.29) is 5.70 Å². The van der Waals surface area contributed by atoms with Crippen LogP contribution in [0.3, 0.4) is 0 Å². The summed E-state index contributed by atoms with van der Waals surface area (Å²) in [4.78, 5) is 14.8. The van der Waals surface area contributed by atoms with Gasteiger partial charge in [-0.1, -0.05) is 30.3 Å². The lowest BCUT2D eigenvalue weighted by molar-refractivity contribution is -0.130. The highest BCUT2D eigenvalue weighted by Gasteiger charge is 2.07. The molecule has 1 aliphatic rings. The molecule has 3 heteroatoms. The number of aliphatic carboxylic acids is 1. The second kappa shape index (κ2) is 3.46. The maximum absolute atomic E-state index is 10.9. The first-order valence-electron chi connectivity index (χ1n) is 4.34. The molecule has 0 unspecified atom stereocenters. The maximum Gasteiger partial charge on any atom is 0.355 e. The summed E-state index contributed by atoms with van der Waals surface area (Å²) in [6.07, 6.45) is 4.26. The number of carbonyl (C=O) groups is 1. The smallest absolute Gasteiger partial charge is 0.355 e. The molecule has 14 heavy (non-hydrogen) atoms. The number of nitrogens with zero attached hydrogens (tertiary/aromatic N) is 1. The molecule has 1 aromatic carbocycles. The standard InChI is InChI=1S/C11H9NO2/c13-11(14)10-9-6-2-1-4-8(9)5-3-7-12-10/h1-2,4-7H,3H2,(H,13,14). The normalized spacial score (nSPS) is 14.1. The molecule has 0 amide bonds. The van der Waals surface area contributed by atoms with Gasteiger partial charge in [-0.05, 0) is 5.22 Å². The van der Waals surface area contributed by atoms with Crippen LogP contribution in [0.5, 0.6) is 0 Å². The van der Waals surface area contributed by atoms with Crippen molar-refractivity contribution >= 4 is 24.0 Å². The van der Waals surface area contributed by atoms with Gasteiger partial charge in [0.15, 0.2) is 5.70 Å². The summed E-state index contributed by atoms with van der Waals surface area (Å²) in [7, 11) is 0. The van der Waals surface area contributed by atoms with Gasteiger partial charge in [0.2, 0.25) is 0 Å². The summed E-state index contributed by atoms with van der Waals surface area (Å²) < 4.78 is 0. The van der Waals surface area contributed by atoms with Gasteiger partial charge in [0.25, 0.3) is 0 Å². The summed E-state index contributed by atoms with van der Waals surface area (Å²) in [6.45, 7) is 0. The topological polar surface area (TPSA) is 49.7 Å². The van der Waals surface area contributed by atoms with Crippen LogP contribution in [0.25, 0.3) is 11.8 Å². The predicted molar refractivity (Wildman–Crippen MR) is 54.3 cm³/mol. The number of hydrogen-bond donors (Lipinski definition) is 1. The van der Waals surface area contributed by atoms with Crippen LogP contribution in [0.4, 0.5) is 0 Å². The number of carboxylic acid groups (broad SMARTS) is 1. The van der Waals surface area contributed by atoms with E-state index in [4.69, 9.17) is 5.11 Å². The Labute approximate surface area is 80.7 Å². The van der Waals surface area contributed by atoms with Crippen LogP contribution in [-0.4, -0.2) is 17.3 Å². The molecule has 0 aliphatic carbocycles. The van der Waals surface area contributed by atoms with E-state index in [9.17, 15) is 4.79 Å². The van der Waals surface area contributed by atoms with E-state index in [2.05, 4.69) is 4.99 Å². The first kappa shape index (κ1) is 8.69. The maximum atomic E-state index is 10.9. The zero-order valence-electron chi connectivity index (χ0n) is 7.47. The minimum absolute atomic E-state index is 0.120. The van der Waals surface area contributed by atoms with Crippen molar-refractivity contribution in [1.82, 2.24) is 0 Å². The molecule has 0 atom stereocenters. The number of carboxylic acids is 1. The third-order valence-electron chi connectivity index (χ3n) is 2.08. The van der Waals surface area contributed by atoms with E-state index in [0.717, 1.165) is 5.22 Å². The molecule has 1 N–H and O–H groups in total. The Morgan fingerprint density at radius 3 is 2.93 bits per heavy atom. The van der Waals surface area contributed by atoms with Crippen molar-refractivity contribution in [1.29, 1.82) is 0 Å². The van der Waals surface area contributed by atoms with Crippen molar-refractivity contribution in [3.8, 4) is 0 Å². The SMILES string of the molecule is O=C(O)C1=c2ccccc2=CCC=N1. The average molecular weight is 187 g/mol. The number of rotatable bonds is 1. The van der Waals surface area contributed by atoms with Gasteiger partial charge >= 0.3 is 5.97 Å². The van der Waals surface area contributed by atoms with Crippen LogP contribution in [0.2, 0.25) is 0 Å². The molecule has 0 bridgehead atoms. The summed E-state index contributed by atoms with van der Waals surface area (Å²) in [5.41, 5.74) is 0.120. The summed E-state index contributed by atoms with van der Waals surface area (Å²) in [6, 6.07) is 7.38. The molecule has 0 saturated carbocycles. The van der Waals surface area contributed by atoms with Crippen molar-refractivity contribution in [2.45, 2.75) is 6.42 Å². The number of benzene rings is 1. The minimum atomic E-state index is -0.982. The zero-order valence-corrected chi connectivity index (χ0v) is 7.47. The van der Waals surface area contributed by atoms with Gasteiger partial charge in [0.1, 0.15) is 0 Å². The van der Waals surface area contributed by atoms with E-state index in [0.29, 0.717) is 11.6 Å². The molecule has 0 radical (unpaired) electrons. The number of fused-ring (bicyclic) bond motifs is 1. The van der Waals surface area contributed by atoms with Gasteiger partial charge in [-0.25, -0.2) is 4.79 Å². The molecule has 1 heterocycles. The third-order valence-corrected chi connectivity index (χ3v) is 2.08. The quantitative estimate of drug-likeness (QED) is 0.679. The molecule has 0 spiro atoms. The Kier molecular flexibility index (Phi) is 2.14. The van der Waals surface area contributed by atoms with Crippen LogP contribution in [0.1, 0.15) is 6.42 Å². The minimum Gasteiger partial charge on any atom is -0.476 e. The van der Waals surface area contributed by atoms with Crippen LogP contribution in [0.15, 0.2) is 29.3 Å². The lowest BCUT2D eigenvalue weighted by Crippen LogP contribution is -2.27. The van der Waals surface area contributed by atoms with Crippen molar-refractivity contribution in [3.63, 3.8) is 0 Å². The van der Waals surface area contributed by atoms with E-state index >= 15 is 0 Å². The zero-order chi connectivity index (χ0) is 9.97. The fourth-order valence-corrected chi connectivity index (χ4v) is 1.45. The fraction of sp³-hybridized carbons (Fsp3) is 0.0909. The van der Waals surface area contributed by atoms with E-state index < -0.39 is 5.97 Å². The number of aliphatic imine (C=N–C) groups is 1. The van der Waals surface area contributed by atoms with Crippen molar-refractivity contribution in [2.24, 2.45) is 4.99 Å². The van der Waals surface area contributed by atoms with Gasteiger partial charge in [-0.2, -0.15) is 0 Å². The van der Waals surface area contributed by atoms with Crippen LogP contribution in [0, 0.1) is 0 Å². The summed E-state index contributed by atoms with van der Waals surface area (Å²) in [5, 5.41) is 10.6. The average Bonchev–Trinajstić information content (AvgIpc) is 2.39. The molecule has 0 fully saturated rings. The van der Waals surface area contributed by atoms with Gasteiger partial charge in [0.05, 0.1) is 0 Å². The Balaban J connectivity index is 2.88. The van der Waals surface area contributed by atoms with Crippen molar-refractivity contribution in [2.75, 3.05) is 0 Å².